The van der Waals surface area contributed by atoms with Crippen molar-refractivity contribution < 1.29 is 0 Å². The highest BCUT2D eigenvalue weighted by Gasteiger charge is 2.12. The lowest BCUT2D eigenvalue weighted by Crippen LogP contribution is -2.18. The third-order valence-corrected chi connectivity index (χ3v) is 4.38. The zero-order valence-corrected chi connectivity index (χ0v) is 12.9. The number of pyridine rings is 1. The Labute approximate surface area is 127 Å². The highest BCUT2D eigenvalue weighted by atomic mass is 15.2. The molecule has 1 N–H and O–H groups in total. The van der Waals surface area contributed by atoms with Crippen molar-refractivity contribution in [2.75, 3.05) is 23.3 Å². The van der Waals surface area contributed by atoms with Crippen LogP contribution in [0, 0.1) is 13.8 Å². The molecule has 2 aromatic rings. The van der Waals surface area contributed by atoms with Crippen LogP contribution in [0.3, 0.4) is 0 Å². The van der Waals surface area contributed by atoms with Gasteiger partial charge in [-0.05, 0) is 55.5 Å². The molecule has 0 bridgehead atoms. The lowest BCUT2D eigenvalue weighted by molar-refractivity contribution is 0.937. The number of hydrogen-bond acceptors (Lipinski definition) is 3. The Kier molecular flexibility index (Phi) is 4.09. The van der Waals surface area contributed by atoms with Gasteiger partial charge in [-0.25, -0.2) is 4.98 Å². The fourth-order valence-electron chi connectivity index (χ4n) is 2.82. The van der Waals surface area contributed by atoms with Crippen molar-refractivity contribution in [2.24, 2.45) is 0 Å². The van der Waals surface area contributed by atoms with E-state index in [0.29, 0.717) is 0 Å². The lowest BCUT2D eigenvalue weighted by atomic mass is 10.0. The van der Waals surface area contributed by atoms with E-state index < -0.39 is 0 Å². The summed E-state index contributed by atoms with van der Waals surface area (Å²) < 4.78 is 0. The molecule has 0 aliphatic carbocycles. The summed E-state index contributed by atoms with van der Waals surface area (Å²) in [6.45, 7) is 7.47. The van der Waals surface area contributed by atoms with Crippen molar-refractivity contribution in [3.05, 3.63) is 53.2 Å². The van der Waals surface area contributed by atoms with Crippen LogP contribution in [-0.2, 0) is 6.54 Å². The Balaban J connectivity index is 1.64. The molecule has 3 nitrogen and oxygen atoms in total. The first kappa shape index (κ1) is 13.9. The summed E-state index contributed by atoms with van der Waals surface area (Å²) in [5.41, 5.74) is 5.14. The van der Waals surface area contributed by atoms with E-state index in [9.17, 15) is 0 Å². The van der Waals surface area contributed by atoms with Gasteiger partial charge in [0.15, 0.2) is 0 Å². The van der Waals surface area contributed by atoms with Gasteiger partial charge in [0.25, 0.3) is 0 Å². The predicted molar refractivity (Wildman–Crippen MR) is 88.9 cm³/mol. The average molecular weight is 281 g/mol. The highest BCUT2D eigenvalue weighted by molar-refractivity contribution is 5.49. The Morgan fingerprint density at radius 3 is 2.62 bits per heavy atom. The largest absolute Gasteiger partial charge is 0.380 e. The molecule has 0 saturated carbocycles. The number of anilines is 2. The summed E-state index contributed by atoms with van der Waals surface area (Å²) in [7, 11) is 0. The summed E-state index contributed by atoms with van der Waals surface area (Å²) in [6, 6.07) is 10.7. The van der Waals surface area contributed by atoms with Crippen molar-refractivity contribution in [1.82, 2.24) is 4.98 Å². The lowest BCUT2D eigenvalue weighted by Gasteiger charge is -2.16. The SMILES string of the molecule is Cc1cccc(CNc2ccc(N3CCCC3)nc2)c1C. The molecule has 0 atom stereocenters. The van der Waals surface area contributed by atoms with Crippen LogP contribution >= 0.6 is 0 Å². The van der Waals surface area contributed by atoms with Gasteiger partial charge in [-0.1, -0.05) is 18.2 Å². The number of aromatic nitrogens is 1. The highest BCUT2D eigenvalue weighted by Crippen LogP contribution is 2.20. The number of rotatable bonds is 4. The normalized spacial score (nSPS) is 14.5. The molecule has 1 aliphatic heterocycles. The van der Waals surface area contributed by atoms with Gasteiger partial charge in [0.2, 0.25) is 0 Å². The minimum Gasteiger partial charge on any atom is -0.380 e. The molecule has 3 heteroatoms. The summed E-state index contributed by atoms with van der Waals surface area (Å²) in [6.07, 6.45) is 4.52. The van der Waals surface area contributed by atoms with E-state index in [0.717, 1.165) is 31.1 Å². The van der Waals surface area contributed by atoms with Crippen LogP contribution in [0.5, 0.6) is 0 Å². The van der Waals surface area contributed by atoms with E-state index >= 15 is 0 Å². The fraction of sp³-hybridized carbons (Fsp3) is 0.389. The number of aryl methyl sites for hydroxylation is 1. The number of nitrogens with one attached hydrogen (secondary N) is 1. The van der Waals surface area contributed by atoms with E-state index in [1.54, 1.807) is 0 Å². The van der Waals surface area contributed by atoms with Gasteiger partial charge in [-0.2, -0.15) is 0 Å². The second kappa shape index (κ2) is 6.17. The van der Waals surface area contributed by atoms with E-state index in [-0.39, 0.29) is 0 Å². The first-order chi connectivity index (χ1) is 10.2. The van der Waals surface area contributed by atoms with Crippen LogP contribution in [0.25, 0.3) is 0 Å². The van der Waals surface area contributed by atoms with E-state index in [1.807, 2.05) is 6.20 Å². The van der Waals surface area contributed by atoms with Gasteiger partial charge < -0.3 is 10.2 Å². The molecule has 3 rings (SSSR count). The quantitative estimate of drug-likeness (QED) is 0.921. The molecule has 0 radical (unpaired) electrons. The van der Waals surface area contributed by atoms with Crippen molar-refractivity contribution in [1.29, 1.82) is 0 Å². The number of nitrogens with zero attached hydrogens (tertiary/aromatic N) is 2. The minimum atomic E-state index is 0.845. The van der Waals surface area contributed by atoms with Crippen molar-refractivity contribution in [2.45, 2.75) is 33.2 Å². The molecule has 110 valence electrons. The van der Waals surface area contributed by atoms with Crippen LogP contribution in [0.2, 0.25) is 0 Å². The molecule has 0 unspecified atom stereocenters. The number of hydrogen-bond donors (Lipinski definition) is 1. The smallest absolute Gasteiger partial charge is 0.128 e. The van der Waals surface area contributed by atoms with Crippen molar-refractivity contribution >= 4 is 11.5 Å². The Bertz CT molecular complexity index is 598. The Hall–Kier alpha value is -2.03. The molecule has 1 saturated heterocycles. The van der Waals surface area contributed by atoms with Gasteiger partial charge in [0, 0.05) is 19.6 Å². The molecule has 1 fully saturated rings. The summed E-state index contributed by atoms with van der Waals surface area (Å²) in [4.78, 5) is 6.93. The van der Waals surface area contributed by atoms with Gasteiger partial charge in [-0.15, -0.1) is 0 Å². The Morgan fingerprint density at radius 2 is 1.90 bits per heavy atom. The molecule has 1 aromatic heterocycles. The maximum absolute atomic E-state index is 4.58. The molecular weight excluding hydrogens is 258 g/mol. The van der Waals surface area contributed by atoms with E-state index in [2.05, 4.69) is 59.4 Å². The zero-order valence-electron chi connectivity index (χ0n) is 12.9. The van der Waals surface area contributed by atoms with Crippen LogP contribution in [0.15, 0.2) is 36.5 Å². The summed E-state index contributed by atoms with van der Waals surface area (Å²) in [5, 5.41) is 3.47. The van der Waals surface area contributed by atoms with Gasteiger partial charge in [0.05, 0.1) is 11.9 Å². The fourth-order valence-corrected chi connectivity index (χ4v) is 2.82. The zero-order chi connectivity index (χ0) is 14.7. The van der Waals surface area contributed by atoms with Gasteiger partial charge in [0.1, 0.15) is 5.82 Å². The van der Waals surface area contributed by atoms with Crippen LogP contribution < -0.4 is 10.2 Å². The molecule has 0 spiro atoms. The predicted octanol–water partition coefficient (Wildman–Crippen LogP) is 3.91. The number of benzene rings is 1. The van der Waals surface area contributed by atoms with Gasteiger partial charge in [-0.3, -0.25) is 0 Å². The molecule has 1 aromatic carbocycles. The molecule has 1 aliphatic rings. The van der Waals surface area contributed by atoms with E-state index in [1.165, 1.54) is 29.5 Å². The summed E-state index contributed by atoms with van der Waals surface area (Å²) in [5.74, 6) is 1.10. The van der Waals surface area contributed by atoms with Crippen molar-refractivity contribution in [3.63, 3.8) is 0 Å². The molecule has 0 amide bonds. The molecule has 2 heterocycles. The third kappa shape index (κ3) is 3.18. The topological polar surface area (TPSA) is 28.2 Å². The standard InChI is InChI=1S/C18H23N3/c1-14-6-5-7-16(15(14)2)12-19-17-8-9-18(20-13-17)21-10-3-4-11-21/h5-9,13,19H,3-4,10-12H2,1-2H3. The minimum absolute atomic E-state index is 0.845. The average Bonchev–Trinajstić information content (AvgIpc) is 3.04. The van der Waals surface area contributed by atoms with Crippen molar-refractivity contribution in [3.8, 4) is 0 Å². The first-order valence-corrected chi connectivity index (χ1v) is 7.74. The monoisotopic (exact) mass is 281 g/mol. The maximum Gasteiger partial charge on any atom is 0.128 e. The summed E-state index contributed by atoms with van der Waals surface area (Å²) >= 11 is 0. The Morgan fingerprint density at radius 1 is 1.10 bits per heavy atom. The second-order valence-electron chi connectivity index (χ2n) is 5.81. The van der Waals surface area contributed by atoms with Crippen LogP contribution in [-0.4, -0.2) is 18.1 Å². The third-order valence-electron chi connectivity index (χ3n) is 4.38. The van der Waals surface area contributed by atoms with E-state index in [4.69, 9.17) is 0 Å². The van der Waals surface area contributed by atoms with Crippen LogP contribution in [0.4, 0.5) is 11.5 Å². The first-order valence-electron chi connectivity index (χ1n) is 7.74. The second-order valence-corrected chi connectivity index (χ2v) is 5.81. The van der Waals surface area contributed by atoms with Gasteiger partial charge >= 0.3 is 0 Å². The maximum atomic E-state index is 4.58. The van der Waals surface area contributed by atoms with Crippen LogP contribution in [0.1, 0.15) is 29.5 Å². The molecule has 21 heavy (non-hydrogen) atoms. The molecular formula is C18H23N3.